The van der Waals surface area contributed by atoms with Crippen LogP contribution in [0.2, 0.25) is 0 Å². The molecule has 0 bridgehead atoms. The molecule has 0 unspecified atom stereocenters. The minimum absolute atomic E-state index is 0.268. The second kappa shape index (κ2) is 14.5. The summed E-state index contributed by atoms with van der Waals surface area (Å²) >= 11 is 0. The normalized spacial score (nSPS) is 10.1. The van der Waals surface area contributed by atoms with E-state index in [1.165, 1.54) is 36.4 Å². The average molecular weight is 530 g/mol. The maximum absolute atomic E-state index is 12.5. The number of hydrogen-bond donors (Lipinski definition) is 1. The van der Waals surface area contributed by atoms with Crippen LogP contribution in [0, 0.1) is 0 Å². The Morgan fingerprint density at radius 3 is 1.64 bits per heavy atom. The molecule has 3 aromatic rings. The molecule has 0 fully saturated rings. The van der Waals surface area contributed by atoms with Crippen LogP contribution < -0.4 is 19.5 Å². The molecule has 0 heterocycles. The molecule has 0 atom stereocenters. The first-order valence-corrected chi connectivity index (χ1v) is 12.0. The van der Waals surface area contributed by atoms with Gasteiger partial charge in [-0.1, -0.05) is 13.2 Å². The fourth-order valence-corrected chi connectivity index (χ4v) is 3.10. The number of carbonyl (C=O) groups is 4. The van der Waals surface area contributed by atoms with Crippen molar-refractivity contribution in [2.24, 2.45) is 0 Å². The van der Waals surface area contributed by atoms with Crippen molar-refractivity contribution in [2.45, 2.75) is 12.8 Å². The molecule has 0 aliphatic heterocycles. The predicted octanol–water partition coefficient (Wildman–Crippen LogP) is 5.14. The van der Waals surface area contributed by atoms with Crippen molar-refractivity contribution in [2.75, 3.05) is 18.5 Å². The Kier molecular flexibility index (Phi) is 10.6. The molecule has 0 radical (unpaired) electrons. The summed E-state index contributed by atoms with van der Waals surface area (Å²) in [6.45, 7) is 7.45. The third-order valence-electron chi connectivity index (χ3n) is 5.13. The SMILES string of the molecule is C=CC(=O)Nc1ccc(C(=O)Oc2ccc(OC(=O)c3ccc(OCCCCOC(=O)C=C)cc3)cc2)cc1. The van der Waals surface area contributed by atoms with Crippen LogP contribution in [0.3, 0.4) is 0 Å². The molecule has 39 heavy (non-hydrogen) atoms. The first-order valence-electron chi connectivity index (χ1n) is 12.0. The van der Waals surface area contributed by atoms with Crippen LogP contribution in [0.1, 0.15) is 33.6 Å². The summed E-state index contributed by atoms with van der Waals surface area (Å²) in [6.07, 6.45) is 3.62. The van der Waals surface area contributed by atoms with Crippen LogP contribution in [0.5, 0.6) is 17.2 Å². The predicted molar refractivity (Wildman–Crippen MR) is 144 cm³/mol. The number of nitrogens with one attached hydrogen (secondary N) is 1. The van der Waals surface area contributed by atoms with Crippen LogP contribution in [0.25, 0.3) is 0 Å². The zero-order valence-electron chi connectivity index (χ0n) is 21.1. The zero-order valence-corrected chi connectivity index (χ0v) is 21.1. The first kappa shape index (κ1) is 28.4. The van der Waals surface area contributed by atoms with E-state index in [9.17, 15) is 19.2 Å². The van der Waals surface area contributed by atoms with Gasteiger partial charge in [0, 0.05) is 11.8 Å². The maximum Gasteiger partial charge on any atom is 0.343 e. The summed E-state index contributed by atoms with van der Waals surface area (Å²) in [7, 11) is 0. The van der Waals surface area contributed by atoms with E-state index < -0.39 is 17.9 Å². The standard InChI is InChI=1S/C30H27NO8/c1-3-27(32)31-23-11-7-21(8-12-23)29(34)38-25-15-17-26(18-16-25)39-30(35)22-9-13-24(14-10-22)36-19-5-6-20-37-28(33)4-2/h3-4,7-18H,1-2,5-6,19-20H2,(H,31,32). The number of hydrogen-bond acceptors (Lipinski definition) is 8. The van der Waals surface area contributed by atoms with Crippen LogP contribution in [-0.4, -0.2) is 37.0 Å². The van der Waals surface area contributed by atoms with Gasteiger partial charge in [0.2, 0.25) is 5.91 Å². The molecule has 200 valence electrons. The van der Waals surface area contributed by atoms with Crippen molar-refractivity contribution in [3.8, 4) is 17.2 Å². The number of carbonyl (C=O) groups excluding carboxylic acids is 4. The van der Waals surface area contributed by atoms with Gasteiger partial charge >= 0.3 is 17.9 Å². The Morgan fingerprint density at radius 2 is 1.13 bits per heavy atom. The molecule has 0 aliphatic rings. The Bertz CT molecular complexity index is 1310. The van der Waals surface area contributed by atoms with Gasteiger partial charge in [-0.3, -0.25) is 4.79 Å². The number of benzene rings is 3. The Hall–Kier alpha value is -5.18. The van der Waals surface area contributed by atoms with E-state index in [2.05, 4.69) is 18.5 Å². The molecule has 3 rings (SSSR count). The summed E-state index contributed by atoms with van der Waals surface area (Å²) < 4.78 is 21.2. The van der Waals surface area contributed by atoms with Crippen molar-refractivity contribution >= 4 is 29.5 Å². The second-order valence-corrected chi connectivity index (χ2v) is 7.97. The van der Waals surface area contributed by atoms with Crippen LogP contribution in [0.4, 0.5) is 5.69 Å². The lowest BCUT2D eigenvalue weighted by Gasteiger charge is -2.09. The molecule has 3 aromatic carbocycles. The minimum atomic E-state index is -0.584. The summed E-state index contributed by atoms with van der Waals surface area (Å²) in [6, 6.07) is 18.8. The fourth-order valence-electron chi connectivity index (χ4n) is 3.10. The highest BCUT2D eigenvalue weighted by Crippen LogP contribution is 2.21. The van der Waals surface area contributed by atoms with Gasteiger partial charge in [0.25, 0.3) is 0 Å². The van der Waals surface area contributed by atoms with Crippen molar-refractivity contribution < 1.29 is 38.1 Å². The Labute approximate surface area is 225 Å². The lowest BCUT2D eigenvalue weighted by atomic mass is 10.2. The molecule has 0 aromatic heterocycles. The molecule has 1 amide bonds. The molecule has 0 spiro atoms. The third kappa shape index (κ3) is 9.32. The summed E-state index contributed by atoms with van der Waals surface area (Å²) in [5.74, 6) is -0.806. The number of esters is 3. The molecular weight excluding hydrogens is 502 g/mol. The Balaban J connectivity index is 1.44. The molecule has 9 nitrogen and oxygen atoms in total. The monoisotopic (exact) mass is 529 g/mol. The van der Waals surface area contributed by atoms with Gasteiger partial charge in [-0.15, -0.1) is 0 Å². The van der Waals surface area contributed by atoms with Crippen LogP contribution in [-0.2, 0) is 14.3 Å². The van der Waals surface area contributed by atoms with Gasteiger partial charge in [-0.25, -0.2) is 14.4 Å². The number of ether oxygens (including phenoxy) is 4. The number of rotatable bonds is 13. The van der Waals surface area contributed by atoms with Crippen LogP contribution >= 0.6 is 0 Å². The third-order valence-corrected chi connectivity index (χ3v) is 5.13. The lowest BCUT2D eigenvalue weighted by Crippen LogP contribution is -2.10. The number of unbranched alkanes of at least 4 members (excludes halogenated alkanes) is 1. The average Bonchev–Trinajstić information content (AvgIpc) is 2.96. The highest BCUT2D eigenvalue weighted by atomic mass is 16.5. The quantitative estimate of drug-likeness (QED) is 0.140. The lowest BCUT2D eigenvalue weighted by molar-refractivity contribution is -0.137. The number of amides is 1. The van der Waals surface area contributed by atoms with Gasteiger partial charge in [-0.05, 0) is 91.7 Å². The van der Waals surface area contributed by atoms with E-state index in [0.717, 1.165) is 12.2 Å². The highest BCUT2D eigenvalue weighted by Gasteiger charge is 2.12. The van der Waals surface area contributed by atoms with Crippen molar-refractivity contribution in [1.29, 1.82) is 0 Å². The second-order valence-electron chi connectivity index (χ2n) is 7.97. The zero-order chi connectivity index (χ0) is 28.0. The summed E-state index contributed by atoms with van der Waals surface area (Å²) in [5.41, 5.74) is 1.15. The van der Waals surface area contributed by atoms with E-state index in [1.54, 1.807) is 36.4 Å². The van der Waals surface area contributed by atoms with Gasteiger partial charge in [0.1, 0.15) is 17.2 Å². The highest BCUT2D eigenvalue weighted by molar-refractivity contribution is 5.99. The summed E-state index contributed by atoms with van der Waals surface area (Å²) in [4.78, 5) is 47.2. The van der Waals surface area contributed by atoms with Crippen LogP contribution in [0.15, 0.2) is 98.1 Å². The fraction of sp³-hybridized carbons (Fsp3) is 0.133. The molecular formula is C30H27NO8. The topological polar surface area (TPSA) is 117 Å². The van der Waals surface area contributed by atoms with Gasteiger partial charge in [-0.2, -0.15) is 0 Å². The maximum atomic E-state index is 12.5. The smallest absolute Gasteiger partial charge is 0.343 e. The van der Waals surface area contributed by atoms with E-state index in [0.29, 0.717) is 48.6 Å². The van der Waals surface area contributed by atoms with Crippen molar-refractivity contribution in [1.82, 2.24) is 0 Å². The van der Waals surface area contributed by atoms with Crippen molar-refractivity contribution in [3.63, 3.8) is 0 Å². The largest absolute Gasteiger partial charge is 0.494 e. The molecule has 0 saturated carbocycles. The summed E-state index contributed by atoms with van der Waals surface area (Å²) in [5, 5.41) is 2.59. The van der Waals surface area contributed by atoms with Crippen molar-refractivity contribution in [3.05, 3.63) is 109 Å². The van der Waals surface area contributed by atoms with E-state index in [1.807, 2.05) is 0 Å². The molecule has 0 saturated heterocycles. The van der Waals surface area contributed by atoms with E-state index in [-0.39, 0.29) is 17.4 Å². The first-order chi connectivity index (χ1) is 18.9. The Morgan fingerprint density at radius 1 is 0.641 bits per heavy atom. The molecule has 0 aliphatic carbocycles. The van der Waals surface area contributed by atoms with E-state index >= 15 is 0 Å². The van der Waals surface area contributed by atoms with Gasteiger partial charge in [0.15, 0.2) is 0 Å². The van der Waals surface area contributed by atoms with Gasteiger partial charge < -0.3 is 24.3 Å². The van der Waals surface area contributed by atoms with E-state index in [4.69, 9.17) is 18.9 Å². The number of anilines is 1. The minimum Gasteiger partial charge on any atom is -0.494 e. The molecule has 1 N–H and O–H groups in total. The van der Waals surface area contributed by atoms with Gasteiger partial charge in [0.05, 0.1) is 24.3 Å². The molecule has 9 heteroatoms.